The van der Waals surface area contributed by atoms with Gasteiger partial charge >= 0.3 is 0 Å². The fourth-order valence-electron chi connectivity index (χ4n) is 1.95. The van der Waals surface area contributed by atoms with E-state index >= 15 is 0 Å². The predicted octanol–water partition coefficient (Wildman–Crippen LogP) is 0.206. The van der Waals surface area contributed by atoms with Gasteiger partial charge in [0.15, 0.2) is 15.0 Å². The third-order valence-corrected chi connectivity index (χ3v) is 5.28. The van der Waals surface area contributed by atoms with Crippen molar-refractivity contribution in [2.24, 2.45) is 4.99 Å². The largest absolute Gasteiger partial charge is 0.348 e. The molecule has 2 aliphatic heterocycles. The normalized spacial score (nSPS) is 34.4. The van der Waals surface area contributed by atoms with Crippen LogP contribution in [0.1, 0.15) is 6.92 Å². The number of nitrogens with zero attached hydrogens (tertiary/aromatic N) is 2. The van der Waals surface area contributed by atoms with E-state index in [4.69, 9.17) is 0 Å². The molecule has 0 amide bonds. The number of aliphatic imine (C=N–C) groups is 1. The lowest BCUT2D eigenvalue weighted by Crippen LogP contribution is -2.35. The Morgan fingerprint density at radius 2 is 2.29 bits per heavy atom. The van der Waals surface area contributed by atoms with Crippen molar-refractivity contribution in [2.75, 3.05) is 24.3 Å². The van der Waals surface area contributed by atoms with Gasteiger partial charge in [0, 0.05) is 7.05 Å². The summed E-state index contributed by atoms with van der Waals surface area (Å²) >= 11 is 1.68. The van der Waals surface area contributed by atoms with Crippen LogP contribution < -0.4 is 0 Å². The highest BCUT2D eigenvalue weighted by molar-refractivity contribution is 8.13. The number of fused-ring (bicyclic) bond motifs is 1. The van der Waals surface area contributed by atoms with Crippen LogP contribution in [0, 0.1) is 0 Å². The second-order valence-corrected chi connectivity index (χ2v) is 7.05. The molecular formula is C8H14N2O2S2. The Hall–Kier alpha value is -0.230. The van der Waals surface area contributed by atoms with Crippen molar-refractivity contribution < 1.29 is 8.42 Å². The number of amidine groups is 1. The zero-order chi connectivity index (χ0) is 10.3. The maximum atomic E-state index is 11.4. The van der Waals surface area contributed by atoms with Gasteiger partial charge in [0.05, 0.1) is 23.6 Å². The first-order chi connectivity index (χ1) is 6.53. The Kier molecular flexibility index (Phi) is 2.51. The van der Waals surface area contributed by atoms with Gasteiger partial charge < -0.3 is 4.90 Å². The molecule has 0 aromatic carbocycles. The first-order valence-electron chi connectivity index (χ1n) is 4.67. The second kappa shape index (κ2) is 3.41. The monoisotopic (exact) mass is 234 g/mol. The summed E-state index contributed by atoms with van der Waals surface area (Å²) in [4.78, 5) is 6.46. The van der Waals surface area contributed by atoms with Gasteiger partial charge in [-0.3, -0.25) is 4.99 Å². The van der Waals surface area contributed by atoms with Crippen molar-refractivity contribution in [2.45, 2.75) is 19.0 Å². The van der Waals surface area contributed by atoms with Crippen LogP contribution in [0.15, 0.2) is 4.99 Å². The Bertz CT molecular complexity index is 364. The molecule has 0 spiro atoms. The zero-order valence-corrected chi connectivity index (χ0v) is 9.94. The second-order valence-electron chi connectivity index (χ2n) is 3.67. The minimum atomic E-state index is -2.83. The van der Waals surface area contributed by atoms with Crippen LogP contribution in [-0.2, 0) is 9.84 Å². The first kappa shape index (κ1) is 10.3. The number of rotatable bonds is 1. The fraction of sp³-hybridized carbons (Fsp3) is 0.875. The van der Waals surface area contributed by atoms with E-state index in [-0.39, 0.29) is 23.6 Å². The predicted molar refractivity (Wildman–Crippen MR) is 59.6 cm³/mol. The average Bonchev–Trinajstić information content (AvgIpc) is 2.50. The number of thioether (sulfide) groups is 1. The highest BCUT2D eigenvalue weighted by atomic mass is 32.2. The lowest BCUT2D eigenvalue weighted by atomic mass is 10.2. The molecule has 0 aliphatic carbocycles. The standard InChI is InChI=1S/C8H14N2O2S2/c1-3-13-8-9-6-4-14(11,12)5-7(6)10(8)2/h6-7H,3-5H2,1-2H3/t6-,7+/m1/s1. The van der Waals surface area contributed by atoms with Crippen molar-refractivity contribution >= 4 is 26.8 Å². The quantitative estimate of drug-likeness (QED) is 0.650. The van der Waals surface area contributed by atoms with Crippen molar-refractivity contribution in [1.82, 2.24) is 4.90 Å². The summed E-state index contributed by atoms with van der Waals surface area (Å²) in [6.07, 6.45) is 0. The first-order valence-corrected chi connectivity index (χ1v) is 7.48. The Labute approximate surface area is 88.7 Å². The smallest absolute Gasteiger partial charge is 0.159 e. The van der Waals surface area contributed by atoms with Crippen LogP contribution in [0.2, 0.25) is 0 Å². The molecule has 80 valence electrons. The Morgan fingerprint density at radius 3 is 2.86 bits per heavy atom. The maximum Gasteiger partial charge on any atom is 0.159 e. The summed E-state index contributed by atoms with van der Waals surface area (Å²) in [6.45, 7) is 2.08. The SMILES string of the molecule is CCSC1=N[C@@H]2CS(=O)(=O)C[C@@H]2N1C. The van der Waals surface area contributed by atoms with Gasteiger partial charge in [0.25, 0.3) is 0 Å². The molecule has 4 nitrogen and oxygen atoms in total. The molecule has 2 rings (SSSR count). The van der Waals surface area contributed by atoms with E-state index in [0.717, 1.165) is 10.9 Å². The van der Waals surface area contributed by atoms with Crippen LogP contribution >= 0.6 is 11.8 Å². The summed E-state index contributed by atoms with van der Waals surface area (Å²) in [6, 6.07) is 0.0769. The van der Waals surface area contributed by atoms with Crippen molar-refractivity contribution in [1.29, 1.82) is 0 Å². The van der Waals surface area contributed by atoms with Gasteiger partial charge in [-0.25, -0.2) is 8.42 Å². The molecule has 0 saturated carbocycles. The van der Waals surface area contributed by atoms with Gasteiger partial charge in [-0.2, -0.15) is 0 Å². The highest BCUT2D eigenvalue weighted by Gasteiger charge is 2.44. The van der Waals surface area contributed by atoms with E-state index < -0.39 is 9.84 Å². The molecule has 0 bridgehead atoms. The average molecular weight is 234 g/mol. The molecule has 2 heterocycles. The molecule has 1 saturated heterocycles. The number of sulfone groups is 1. The minimum absolute atomic E-state index is 0.0148. The molecule has 0 aromatic heterocycles. The fourth-order valence-corrected chi connectivity index (χ4v) is 4.67. The van der Waals surface area contributed by atoms with Gasteiger partial charge in [-0.1, -0.05) is 18.7 Å². The summed E-state index contributed by atoms with van der Waals surface area (Å²) in [5.74, 6) is 1.48. The molecule has 0 radical (unpaired) electrons. The van der Waals surface area contributed by atoms with E-state index in [9.17, 15) is 8.42 Å². The summed E-state index contributed by atoms with van der Waals surface area (Å²) < 4.78 is 22.7. The molecule has 0 N–H and O–H groups in total. The van der Waals surface area contributed by atoms with E-state index in [1.54, 1.807) is 11.8 Å². The van der Waals surface area contributed by atoms with Gasteiger partial charge in [0.1, 0.15) is 0 Å². The molecule has 2 aliphatic rings. The summed E-state index contributed by atoms with van der Waals surface area (Å²) in [5, 5.41) is 0.998. The summed E-state index contributed by atoms with van der Waals surface area (Å²) in [7, 11) is -0.897. The van der Waals surface area contributed by atoms with E-state index in [1.165, 1.54) is 0 Å². The van der Waals surface area contributed by atoms with Crippen LogP contribution in [0.5, 0.6) is 0 Å². The van der Waals surface area contributed by atoms with Crippen LogP contribution in [0.3, 0.4) is 0 Å². The zero-order valence-electron chi connectivity index (χ0n) is 8.30. The van der Waals surface area contributed by atoms with E-state index in [1.807, 2.05) is 11.9 Å². The van der Waals surface area contributed by atoms with Crippen LogP contribution in [-0.4, -0.2) is 54.9 Å². The molecular weight excluding hydrogens is 220 g/mol. The molecule has 0 aromatic rings. The minimum Gasteiger partial charge on any atom is -0.348 e. The third-order valence-electron chi connectivity index (χ3n) is 2.64. The van der Waals surface area contributed by atoms with Crippen LogP contribution in [0.25, 0.3) is 0 Å². The highest BCUT2D eigenvalue weighted by Crippen LogP contribution is 2.29. The third kappa shape index (κ3) is 1.65. The Balaban J connectivity index is 2.18. The molecule has 14 heavy (non-hydrogen) atoms. The van der Waals surface area contributed by atoms with Crippen molar-refractivity contribution in [3.8, 4) is 0 Å². The van der Waals surface area contributed by atoms with E-state index in [2.05, 4.69) is 11.9 Å². The summed E-state index contributed by atoms with van der Waals surface area (Å²) in [5.41, 5.74) is 0. The maximum absolute atomic E-state index is 11.4. The molecule has 0 unspecified atom stereocenters. The molecule has 2 atom stereocenters. The molecule has 1 fully saturated rings. The molecule has 6 heteroatoms. The van der Waals surface area contributed by atoms with Crippen LogP contribution in [0.4, 0.5) is 0 Å². The van der Waals surface area contributed by atoms with E-state index in [0.29, 0.717) is 0 Å². The van der Waals surface area contributed by atoms with Crippen molar-refractivity contribution in [3.63, 3.8) is 0 Å². The number of hydrogen-bond acceptors (Lipinski definition) is 5. The number of likely N-dealkylation sites (N-methyl/N-ethyl adjacent to an activating group) is 1. The van der Waals surface area contributed by atoms with Crippen molar-refractivity contribution in [3.05, 3.63) is 0 Å². The number of hydrogen-bond donors (Lipinski definition) is 0. The topological polar surface area (TPSA) is 49.7 Å². The Morgan fingerprint density at radius 1 is 1.57 bits per heavy atom. The van der Waals surface area contributed by atoms with Gasteiger partial charge in [0.2, 0.25) is 0 Å². The van der Waals surface area contributed by atoms with Gasteiger partial charge in [-0.05, 0) is 5.75 Å². The van der Waals surface area contributed by atoms with Gasteiger partial charge in [-0.15, -0.1) is 0 Å². The lowest BCUT2D eigenvalue weighted by molar-refractivity contribution is 0.410. The lowest BCUT2D eigenvalue weighted by Gasteiger charge is -2.20.